The summed E-state index contributed by atoms with van der Waals surface area (Å²) in [4.78, 5) is 27.4. The number of hydrogen-bond acceptors (Lipinski definition) is 5. The van der Waals surface area contributed by atoms with Crippen LogP contribution in [0.1, 0.15) is 49.0 Å². The van der Waals surface area contributed by atoms with Crippen molar-refractivity contribution in [2.45, 2.75) is 44.3 Å². The molecule has 6 nitrogen and oxygen atoms in total. The number of fused-ring (bicyclic) bond motifs is 1. The Bertz CT molecular complexity index is 1010. The van der Waals surface area contributed by atoms with Crippen LogP contribution in [0.15, 0.2) is 36.4 Å². The number of benzene rings is 2. The number of aliphatic hydroxyl groups is 2. The van der Waals surface area contributed by atoms with Crippen molar-refractivity contribution in [3.05, 3.63) is 57.6 Å². The minimum Gasteiger partial charge on any atom is -0.390 e. The Balaban J connectivity index is 1.75. The molecule has 0 spiro atoms. The normalized spacial score (nSPS) is 19.5. The van der Waals surface area contributed by atoms with Crippen LogP contribution in [-0.4, -0.2) is 41.1 Å². The molecule has 2 atom stereocenters. The lowest BCUT2D eigenvalue weighted by molar-refractivity contribution is -0.133. The molecule has 8 heteroatoms. The minimum absolute atomic E-state index is 0.124. The van der Waals surface area contributed by atoms with Crippen molar-refractivity contribution in [2.24, 2.45) is 0 Å². The van der Waals surface area contributed by atoms with Crippen LogP contribution in [0.25, 0.3) is 0 Å². The molecule has 1 amide bonds. The number of Topliss-reactive ketones (excluding diaryl/α,β-unsaturated/α-hetero) is 1. The maximum absolute atomic E-state index is 12.9. The number of halogens is 2. The average Bonchev–Trinajstić information content (AvgIpc) is 3.00. The molecule has 0 fully saturated rings. The van der Waals surface area contributed by atoms with E-state index in [2.05, 4.69) is 5.32 Å². The largest absolute Gasteiger partial charge is 0.390 e. The van der Waals surface area contributed by atoms with E-state index in [1.807, 2.05) is 25.8 Å². The van der Waals surface area contributed by atoms with Gasteiger partial charge in [-0.3, -0.25) is 9.59 Å². The van der Waals surface area contributed by atoms with Crippen LogP contribution in [-0.2, 0) is 10.4 Å². The molecule has 3 N–H and O–H groups in total. The zero-order chi connectivity index (χ0) is 23.0. The van der Waals surface area contributed by atoms with Crippen molar-refractivity contribution in [1.29, 1.82) is 0 Å². The van der Waals surface area contributed by atoms with Crippen molar-refractivity contribution in [2.75, 3.05) is 23.8 Å². The Morgan fingerprint density at radius 2 is 1.77 bits per heavy atom. The molecule has 1 heterocycles. The summed E-state index contributed by atoms with van der Waals surface area (Å²) in [5, 5.41) is 24.2. The lowest BCUT2D eigenvalue weighted by Gasteiger charge is -2.26. The highest BCUT2D eigenvalue weighted by molar-refractivity contribution is 6.38. The Hall–Kier alpha value is -2.12. The molecule has 0 aliphatic carbocycles. The predicted octanol–water partition coefficient (Wildman–Crippen LogP) is 4.39. The van der Waals surface area contributed by atoms with Gasteiger partial charge in [0, 0.05) is 35.4 Å². The number of ketones is 1. The molecule has 0 saturated carbocycles. The van der Waals surface area contributed by atoms with Gasteiger partial charge < -0.3 is 20.4 Å². The van der Waals surface area contributed by atoms with E-state index in [-0.39, 0.29) is 21.3 Å². The quantitative estimate of drug-likeness (QED) is 0.503. The van der Waals surface area contributed by atoms with E-state index >= 15 is 0 Å². The molecule has 1 aliphatic rings. The summed E-state index contributed by atoms with van der Waals surface area (Å²) in [7, 11) is 1.91. The second kappa shape index (κ2) is 8.79. The average molecular weight is 465 g/mol. The first-order valence-corrected chi connectivity index (χ1v) is 10.8. The van der Waals surface area contributed by atoms with Crippen molar-refractivity contribution < 1.29 is 19.8 Å². The maximum atomic E-state index is 12.9. The molecule has 0 saturated heterocycles. The molecule has 1 aliphatic heterocycles. The van der Waals surface area contributed by atoms with E-state index in [4.69, 9.17) is 23.2 Å². The van der Waals surface area contributed by atoms with Gasteiger partial charge in [-0.2, -0.15) is 0 Å². The summed E-state index contributed by atoms with van der Waals surface area (Å²) in [6, 6.07) is 9.91. The molecule has 2 aromatic rings. The number of rotatable bonds is 8. The fourth-order valence-electron chi connectivity index (χ4n) is 3.53. The molecular formula is C23H26Cl2N2O4. The van der Waals surface area contributed by atoms with Gasteiger partial charge in [0.2, 0.25) is 0 Å². The molecule has 2 aromatic carbocycles. The van der Waals surface area contributed by atoms with Gasteiger partial charge in [-0.25, -0.2) is 0 Å². The van der Waals surface area contributed by atoms with E-state index < -0.39 is 29.3 Å². The van der Waals surface area contributed by atoms with Crippen LogP contribution in [0.4, 0.5) is 11.4 Å². The lowest BCUT2D eigenvalue weighted by atomic mass is 9.88. The van der Waals surface area contributed by atoms with Crippen LogP contribution in [0.2, 0.25) is 10.0 Å². The van der Waals surface area contributed by atoms with Gasteiger partial charge in [0.25, 0.3) is 5.91 Å². The number of nitrogens with one attached hydrogen (secondary N) is 1. The fourth-order valence-corrected chi connectivity index (χ4v) is 4.05. The summed E-state index contributed by atoms with van der Waals surface area (Å²) in [5.74, 6) is -1.13. The molecule has 31 heavy (non-hydrogen) atoms. The second-order valence-corrected chi connectivity index (χ2v) is 9.08. The Labute approximate surface area is 191 Å². The number of carbonyl (C=O) groups excluding carboxylic acids is 2. The van der Waals surface area contributed by atoms with Gasteiger partial charge in [0.1, 0.15) is 0 Å². The maximum Gasteiger partial charge on any atom is 0.261 e. The molecule has 166 valence electrons. The van der Waals surface area contributed by atoms with E-state index in [9.17, 15) is 19.8 Å². The molecule has 0 radical (unpaired) electrons. The number of amides is 1. The van der Waals surface area contributed by atoms with Crippen LogP contribution in [0.5, 0.6) is 0 Å². The molecule has 0 aromatic heterocycles. The third-order valence-electron chi connectivity index (χ3n) is 5.93. The standard InChI is InChI=1S/C23H26Cl2N2O4/c1-4-22(2,30)11-12-27(3)15-7-5-14(6-8-15)18(28)13-23(31)19-16(24)9-10-17(25)20(19)26-21(23)29/h5-10,30-31H,4,11-13H2,1-3H3,(H,26,29). The summed E-state index contributed by atoms with van der Waals surface area (Å²) in [6.45, 7) is 4.41. The van der Waals surface area contributed by atoms with Crippen LogP contribution >= 0.6 is 23.2 Å². The van der Waals surface area contributed by atoms with Gasteiger partial charge in [-0.05, 0) is 56.2 Å². The first kappa shape index (κ1) is 23.5. The molecule has 3 rings (SSSR count). The van der Waals surface area contributed by atoms with E-state index in [1.165, 1.54) is 12.1 Å². The van der Waals surface area contributed by atoms with Crippen molar-refractivity contribution in [1.82, 2.24) is 0 Å². The number of carbonyl (C=O) groups is 2. The summed E-state index contributed by atoms with van der Waals surface area (Å²) in [6.07, 6.45) is 0.828. The summed E-state index contributed by atoms with van der Waals surface area (Å²) < 4.78 is 0. The van der Waals surface area contributed by atoms with E-state index in [0.29, 0.717) is 24.9 Å². The second-order valence-electron chi connectivity index (χ2n) is 8.26. The Morgan fingerprint density at radius 1 is 1.16 bits per heavy atom. The topological polar surface area (TPSA) is 89.9 Å². The zero-order valence-corrected chi connectivity index (χ0v) is 19.2. The van der Waals surface area contributed by atoms with Gasteiger partial charge in [-0.1, -0.05) is 30.1 Å². The predicted molar refractivity (Wildman–Crippen MR) is 123 cm³/mol. The highest BCUT2D eigenvalue weighted by atomic mass is 35.5. The summed E-state index contributed by atoms with van der Waals surface area (Å²) >= 11 is 12.3. The van der Waals surface area contributed by atoms with Crippen LogP contribution in [0.3, 0.4) is 0 Å². The number of hydrogen-bond donors (Lipinski definition) is 3. The highest BCUT2D eigenvalue weighted by Crippen LogP contribution is 2.46. The Kier molecular flexibility index (Phi) is 6.67. The minimum atomic E-state index is -2.09. The number of anilines is 2. The first-order chi connectivity index (χ1) is 14.5. The van der Waals surface area contributed by atoms with E-state index in [1.54, 1.807) is 24.3 Å². The van der Waals surface area contributed by atoms with Gasteiger partial charge in [0.15, 0.2) is 11.4 Å². The summed E-state index contributed by atoms with van der Waals surface area (Å²) in [5.41, 5.74) is -1.20. The van der Waals surface area contributed by atoms with Crippen LogP contribution < -0.4 is 10.2 Å². The van der Waals surface area contributed by atoms with Gasteiger partial charge >= 0.3 is 0 Å². The molecular weight excluding hydrogens is 439 g/mol. The third kappa shape index (κ3) is 4.72. The number of nitrogens with zero attached hydrogens (tertiary/aromatic N) is 1. The fraction of sp³-hybridized carbons (Fsp3) is 0.391. The van der Waals surface area contributed by atoms with Gasteiger partial charge in [0.05, 0.1) is 22.7 Å². The van der Waals surface area contributed by atoms with Crippen molar-refractivity contribution in [3.8, 4) is 0 Å². The first-order valence-electron chi connectivity index (χ1n) is 10.1. The monoisotopic (exact) mass is 464 g/mol. The third-order valence-corrected chi connectivity index (χ3v) is 6.56. The smallest absolute Gasteiger partial charge is 0.261 e. The van der Waals surface area contributed by atoms with Crippen LogP contribution in [0, 0.1) is 0 Å². The van der Waals surface area contributed by atoms with Crippen molar-refractivity contribution >= 4 is 46.3 Å². The SMILES string of the molecule is CCC(C)(O)CCN(C)c1ccc(C(=O)CC2(O)C(=O)Nc3c(Cl)ccc(Cl)c32)cc1. The zero-order valence-electron chi connectivity index (χ0n) is 17.7. The van der Waals surface area contributed by atoms with Crippen molar-refractivity contribution in [3.63, 3.8) is 0 Å². The lowest BCUT2D eigenvalue weighted by Crippen LogP contribution is -2.36. The Morgan fingerprint density at radius 3 is 2.39 bits per heavy atom. The van der Waals surface area contributed by atoms with E-state index in [0.717, 1.165) is 5.69 Å². The highest BCUT2D eigenvalue weighted by Gasteiger charge is 2.49. The molecule has 0 bridgehead atoms. The molecule has 2 unspecified atom stereocenters. The van der Waals surface area contributed by atoms with Gasteiger partial charge in [-0.15, -0.1) is 0 Å².